The molecule has 0 atom stereocenters. The van der Waals surface area contributed by atoms with Crippen molar-refractivity contribution in [2.24, 2.45) is 0 Å². The highest BCUT2D eigenvalue weighted by Crippen LogP contribution is 2.18. The summed E-state index contributed by atoms with van der Waals surface area (Å²) in [4.78, 5) is -0.650. The van der Waals surface area contributed by atoms with Gasteiger partial charge < -0.3 is 0 Å². The Morgan fingerprint density at radius 1 is 1.21 bits per heavy atom. The zero-order chi connectivity index (χ0) is 10.9. The van der Waals surface area contributed by atoms with E-state index in [9.17, 15) is 17.2 Å². The van der Waals surface area contributed by atoms with E-state index in [1.54, 1.807) is 0 Å². The van der Waals surface area contributed by atoms with Crippen LogP contribution >= 0.6 is 0 Å². The Balaban J connectivity index is 3.42. The van der Waals surface area contributed by atoms with Crippen molar-refractivity contribution in [1.29, 1.82) is 0 Å². The van der Waals surface area contributed by atoms with Crippen molar-refractivity contribution in [3.05, 3.63) is 29.8 Å². The Hall–Kier alpha value is -1.01. The zero-order valence-electron chi connectivity index (χ0n) is 7.66. The molecule has 0 fully saturated rings. The third kappa shape index (κ3) is 1.76. The molecule has 0 saturated heterocycles. The average molecular weight is 221 g/mol. The molecule has 1 aromatic carbocycles. The van der Waals surface area contributed by atoms with Crippen LogP contribution in [0.15, 0.2) is 23.1 Å². The van der Waals surface area contributed by atoms with Gasteiger partial charge >= 0.3 is 0 Å². The molecule has 0 heterocycles. The summed E-state index contributed by atoms with van der Waals surface area (Å²) in [5.41, 5.74) is 0. The SMILES string of the molecule is CN(C)S(=O)(=O)c1cccc(F)c1F. The summed E-state index contributed by atoms with van der Waals surface area (Å²) in [6, 6.07) is 3.03. The lowest BCUT2D eigenvalue weighted by Gasteiger charge is -2.11. The summed E-state index contributed by atoms with van der Waals surface area (Å²) in [6.45, 7) is 0. The smallest absolute Gasteiger partial charge is 0.207 e. The molecule has 0 aliphatic rings. The summed E-state index contributed by atoms with van der Waals surface area (Å²) < 4.78 is 49.5. The fraction of sp³-hybridized carbons (Fsp3) is 0.250. The largest absolute Gasteiger partial charge is 0.245 e. The van der Waals surface area contributed by atoms with Crippen LogP contribution in [0, 0.1) is 11.6 Å². The Bertz CT molecular complexity index is 443. The number of halogens is 2. The summed E-state index contributed by atoms with van der Waals surface area (Å²) in [5, 5.41) is 0. The van der Waals surface area contributed by atoms with Crippen molar-refractivity contribution in [3.8, 4) is 0 Å². The van der Waals surface area contributed by atoms with E-state index in [1.165, 1.54) is 14.1 Å². The number of hydrogen-bond acceptors (Lipinski definition) is 2. The molecule has 3 nitrogen and oxygen atoms in total. The second-order valence-electron chi connectivity index (χ2n) is 2.84. The first-order valence-electron chi connectivity index (χ1n) is 3.74. The minimum Gasteiger partial charge on any atom is -0.207 e. The third-order valence-electron chi connectivity index (χ3n) is 1.67. The molecule has 6 heteroatoms. The van der Waals surface area contributed by atoms with Crippen molar-refractivity contribution in [3.63, 3.8) is 0 Å². The maximum atomic E-state index is 13.1. The summed E-state index contributed by atoms with van der Waals surface area (Å²) >= 11 is 0. The minimum atomic E-state index is -3.91. The molecule has 0 amide bonds. The number of nitrogens with zero attached hydrogens (tertiary/aromatic N) is 1. The van der Waals surface area contributed by atoms with Crippen LogP contribution in [0.4, 0.5) is 8.78 Å². The molecular weight excluding hydrogens is 212 g/mol. The van der Waals surface area contributed by atoms with Crippen LogP contribution in [0.1, 0.15) is 0 Å². The number of hydrogen-bond donors (Lipinski definition) is 0. The Morgan fingerprint density at radius 3 is 2.29 bits per heavy atom. The van der Waals surface area contributed by atoms with Gasteiger partial charge in [0, 0.05) is 14.1 Å². The topological polar surface area (TPSA) is 37.4 Å². The standard InChI is InChI=1S/C8H9F2NO2S/c1-11(2)14(12,13)7-5-3-4-6(9)8(7)10/h3-5H,1-2H3. The van der Waals surface area contributed by atoms with Gasteiger partial charge in [-0.15, -0.1) is 0 Å². The van der Waals surface area contributed by atoms with E-state index in [1.807, 2.05) is 0 Å². The van der Waals surface area contributed by atoms with Crippen molar-refractivity contribution in [2.75, 3.05) is 14.1 Å². The molecule has 0 radical (unpaired) electrons. The Labute approximate surface area is 81.0 Å². The van der Waals surface area contributed by atoms with E-state index in [4.69, 9.17) is 0 Å². The van der Waals surface area contributed by atoms with Gasteiger partial charge in [0.2, 0.25) is 10.0 Å². The van der Waals surface area contributed by atoms with Gasteiger partial charge in [-0.3, -0.25) is 0 Å². The molecule has 1 rings (SSSR count). The van der Waals surface area contributed by atoms with Crippen LogP contribution in [-0.4, -0.2) is 26.8 Å². The molecule has 0 spiro atoms. The number of sulfonamides is 1. The van der Waals surface area contributed by atoms with Gasteiger partial charge in [0.25, 0.3) is 0 Å². The summed E-state index contributed by atoms with van der Waals surface area (Å²) in [6.07, 6.45) is 0. The Kier molecular flexibility index (Phi) is 2.86. The van der Waals surface area contributed by atoms with E-state index >= 15 is 0 Å². The quantitative estimate of drug-likeness (QED) is 0.752. The van der Waals surface area contributed by atoms with Crippen LogP contribution in [0.5, 0.6) is 0 Å². The predicted octanol–water partition coefficient (Wildman–Crippen LogP) is 1.22. The predicted molar refractivity (Wildman–Crippen MR) is 47.2 cm³/mol. The van der Waals surface area contributed by atoms with E-state index in [-0.39, 0.29) is 0 Å². The van der Waals surface area contributed by atoms with Crippen LogP contribution in [0.25, 0.3) is 0 Å². The maximum Gasteiger partial charge on any atom is 0.245 e. The fourth-order valence-electron chi connectivity index (χ4n) is 0.880. The number of rotatable bonds is 2. The molecule has 14 heavy (non-hydrogen) atoms. The van der Waals surface area contributed by atoms with Crippen molar-refractivity contribution in [2.45, 2.75) is 4.90 Å². The molecule has 0 unspecified atom stereocenters. The highest BCUT2D eigenvalue weighted by Gasteiger charge is 2.23. The van der Waals surface area contributed by atoms with Crippen LogP contribution < -0.4 is 0 Å². The fourth-order valence-corrected chi connectivity index (χ4v) is 1.85. The van der Waals surface area contributed by atoms with E-state index < -0.39 is 26.6 Å². The maximum absolute atomic E-state index is 13.1. The van der Waals surface area contributed by atoms with E-state index in [0.29, 0.717) is 0 Å². The van der Waals surface area contributed by atoms with Gasteiger partial charge in [-0.05, 0) is 12.1 Å². The van der Waals surface area contributed by atoms with Gasteiger partial charge in [0.05, 0.1) is 0 Å². The van der Waals surface area contributed by atoms with E-state index in [0.717, 1.165) is 22.5 Å². The molecule has 0 aromatic heterocycles. The van der Waals surface area contributed by atoms with Crippen LogP contribution in [-0.2, 0) is 10.0 Å². The van der Waals surface area contributed by atoms with E-state index in [2.05, 4.69) is 0 Å². The van der Waals surface area contributed by atoms with Crippen molar-refractivity contribution < 1.29 is 17.2 Å². The Morgan fingerprint density at radius 2 is 1.79 bits per heavy atom. The van der Waals surface area contributed by atoms with Crippen LogP contribution in [0.2, 0.25) is 0 Å². The summed E-state index contributed by atoms with van der Waals surface area (Å²) in [7, 11) is -1.41. The molecule has 1 aromatic rings. The first-order valence-corrected chi connectivity index (χ1v) is 5.18. The molecular formula is C8H9F2NO2S. The minimum absolute atomic E-state index is 0.650. The van der Waals surface area contributed by atoms with Gasteiger partial charge in [0.15, 0.2) is 11.6 Å². The van der Waals surface area contributed by atoms with Crippen molar-refractivity contribution in [1.82, 2.24) is 4.31 Å². The molecule has 0 aliphatic heterocycles. The zero-order valence-corrected chi connectivity index (χ0v) is 8.48. The van der Waals surface area contributed by atoms with Gasteiger partial charge in [0.1, 0.15) is 4.90 Å². The highest BCUT2D eigenvalue weighted by molar-refractivity contribution is 7.89. The lowest BCUT2D eigenvalue weighted by Crippen LogP contribution is -2.23. The highest BCUT2D eigenvalue weighted by atomic mass is 32.2. The number of benzene rings is 1. The molecule has 78 valence electrons. The van der Waals surface area contributed by atoms with Gasteiger partial charge in [-0.1, -0.05) is 6.07 Å². The lowest BCUT2D eigenvalue weighted by molar-refractivity contribution is 0.471. The molecule has 0 saturated carbocycles. The molecule has 0 N–H and O–H groups in total. The summed E-state index contributed by atoms with van der Waals surface area (Å²) in [5.74, 6) is -2.52. The second-order valence-corrected chi connectivity index (χ2v) is 4.96. The molecule has 0 aliphatic carbocycles. The first-order chi connectivity index (χ1) is 6.37. The normalized spacial score (nSPS) is 12.1. The van der Waals surface area contributed by atoms with Gasteiger partial charge in [-0.2, -0.15) is 0 Å². The average Bonchev–Trinajstić information content (AvgIpc) is 2.09. The van der Waals surface area contributed by atoms with Crippen LogP contribution in [0.3, 0.4) is 0 Å². The third-order valence-corrected chi connectivity index (χ3v) is 3.51. The monoisotopic (exact) mass is 221 g/mol. The second kappa shape index (κ2) is 3.62. The van der Waals surface area contributed by atoms with Crippen molar-refractivity contribution >= 4 is 10.0 Å². The lowest BCUT2D eigenvalue weighted by atomic mass is 10.3. The molecule has 0 bridgehead atoms. The first kappa shape index (κ1) is 11.1. The van der Waals surface area contributed by atoms with Gasteiger partial charge in [-0.25, -0.2) is 21.5 Å².